The minimum atomic E-state index is -0.447. The minimum absolute atomic E-state index is 0.0383. The van der Waals surface area contributed by atoms with E-state index in [1.54, 1.807) is 12.1 Å². The van der Waals surface area contributed by atoms with Crippen LogP contribution in [0.4, 0.5) is 11.4 Å². The van der Waals surface area contributed by atoms with Crippen LogP contribution >= 0.6 is 0 Å². The zero-order valence-corrected chi connectivity index (χ0v) is 11.5. The van der Waals surface area contributed by atoms with Crippen LogP contribution < -0.4 is 10.1 Å². The van der Waals surface area contributed by atoms with Crippen molar-refractivity contribution in [1.29, 1.82) is 0 Å². The van der Waals surface area contributed by atoms with Crippen molar-refractivity contribution in [2.24, 2.45) is 0 Å². The fourth-order valence-electron chi connectivity index (χ4n) is 1.94. The summed E-state index contributed by atoms with van der Waals surface area (Å²) in [5, 5.41) is 14.1. The largest absolute Gasteiger partial charge is 0.490 e. The number of nitro benzene ring substituents is 1. The lowest BCUT2D eigenvalue weighted by atomic mass is 10.2. The Morgan fingerprint density at radius 2 is 2.20 bits per heavy atom. The van der Waals surface area contributed by atoms with Gasteiger partial charge in [-0.1, -0.05) is 0 Å². The summed E-state index contributed by atoms with van der Waals surface area (Å²) in [6, 6.07) is 6.87. The van der Waals surface area contributed by atoms with E-state index < -0.39 is 4.92 Å². The fourth-order valence-corrected chi connectivity index (χ4v) is 1.94. The second kappa shape index (κ2) is 6.10. The molecule has 1 aromatic heterocycles. The molecule has 0 radical (unpaired) electrons. The van der Waals surface area contributed by atoms with Gasteiger partial charge >= 0.3 is 5.69 Å². The second-order valence-electron chi connectivity index (χ2n) is 4.35. The van der Waals surface area contributed by atoms with Gasteiger partial charge in [0.15, 0.2) is 5.75 Å². The molecule has 6 nitrogen and oxygen atoms in total. The summed E-state index contributed by atoms with van der Waals surface area (Å²) in [4.78, 5) is 10.5. The molecular formula is C14H17N3O3. The second-order valence-corrected chi connectivity index (χ2v) is 4.35. The SMILES string of the molecule is CCn1ccc(CNc2ccc(OC)c([N+](=O)[O-])c2)c1. The number of nitro groups is 1. The van der Waals surface area contributed by atoms with Crippen LogP contribution in [0.3, 0.4) is 0 Å². The number of methoxy groups -OCH3 is 1. The molecule has 0 aliphatic heterocycles. The van der Waals surface area contributed by atoms with Crippen molar-refractivity contribution in [3.8, 4) is 5.75 Å². The number of aromatic nitrogens is 1. The zero-order valence-electron chi connectivity index (χ0n) is 11.5. The molecule has 0 atom stereocenters. The van der Waals surface area contributed by atoms with Gasteiger partial charge in [0.25, 0.3) is 0 Å². The molecule has 0 saturated heterocycles. The summed E-state index contributed by atoms with van der Waals surface area (Å²) in [7, 11) is 1.42. The molecule has 6 heteroatoms. The molecule has 0 saturated carbocycles. The van der Waals surface area contributed by atoms with Gasteiger partial charge in [0, 0.05) is 37.2 Å². The molecule has 0 bridgehead atoms. The highest BCUT2D eigenvalue weighted by Gasteiger charge is 2.14. The van der Waals surface area contributed by atoms with Crippen LogP contribution in [0.5, 0.6) is 5.75 Å². The van der Waals surface area contributed by atoms with Crippen LogP contribution in [0.15, 0.2) is 36.7 Å². The molecule has 0 aliphatic carbocycles. The van der Waals surface area contributed by atoms with E-state index in [-0.39, 0.29) is 11.4 Å². The van der Waals surface area contributed by atoms with E-state index in [4.69, 9.17) is 4.74 Å². The highest BCUT2D eigenvalue weighted by molar-refractivity contribution is 5.58. The van der Waals surface area contributed by atoms with Crippen molar-refractivity contribution >= 4 is 11.4 Å². The first kappa shape index (κ1) is 13.9. The molecule has 0 spiro atoms. The Kier molecular flexibility index (Phi) is 4.24. The number of rotatable bonds is 6. The van der Waals surface area contributed by atoms with E-state index in [9.17, 15) is 10.1 Å². The summed E-state index contributed by atoms with van der Waals surface area (Å²) >= 11 is 0. The highest BCUT2D eigenvalue weighted by Crippen LogP contribution is 2.29. The van der Waals surface area contributed by atoms with Crippen molar-refractivity contribution < 1.29 is 9.66 Å². The highest BCUT2D eigenvalue weighted by atomic mass is 16.6. The van der Waals surface area contributed by atoms with Crippen molar-refractivity contribution in [3.63, 3.8) is 0 Å². The van der Waals surface area contributed by atoms with E-state index in [0.29, 0.717) is 12.2 Å². The van der Waals surface area contributed by atoms with Crippen LogP contribution in [-0.4, -0.2) is 16.6 Å². The van der Waals surface area contributed by atoms with Gasteiger partial charge in [-0.05, 0) is 30.7 Å². The maximum absolute atomic E-state index is 10.9. The number of hydrogen-bond donors (Lipinski definition) is 1. The lowest BCUT2D eigenvalue weighted by molar-refractivity contribution is -0.385. The molecule has 20 heavy (non-hydrogen) atoms. The molecule has 0 unspecified atom stereocenters. The maximum Gasteiger partial charge on any atom is 0.312 e. The van der Waals surface area contributed by atoms with Crippen LogP contribution in [0.1, 0.15) is 12.5 Å². The van der Waals surface area contributed by atoms with E-state index in [0.717, 1.165) is 12.1 Å². The molecule has 0 aliphatic rings. The van der Waals surface area contributed by atoms with Crippen LogP contribution in [0.25, 0.3) is 0 Å². The molecule has 2 aromatic rings. The molecule has 0 fully saturated rings. The summed E-state index contributed by atoms with van der Waals surface area (Å²) < 4.78 is 7.05. The van der Waals surface area contributed by atoms with Crippen molar-refractivity contribution in [2.45, 2.75) is 20.0 Å². The number of hydrogen-bond acceptors (Lipinski definition) is 4. The third-order valence-electron chi connectivity index (χ3n) is 3.05. The molecule has 106 valence electrons. The monoisotopic (exact) mass is 275 g/mol. The number of ether oxygens (including phenoxy) is 1. The Balaban J connectivity index is 2.09. The van der Waals surface area contributed by atoms with Crippen LogP contribution in [0, 0.1) is 10.1 Å². The van der Waals surface area contributed by atoms with Crippen molar-refractivity contribution in [2.75, 3.05) is 12.4 Å². The van der Waals surface area contributed by atoms with Gasteiger partial charge in [0.2, 0.25) is 0 Å². The van der Waals surface area contributed by atoms with Crippen molar-refractivity contribution in [1.82, 2.24) is 4.57 Å². The number of nitrogens with zero attached hydrogens (tertiary/aromatic N) is 2. The average Bonchev–Trinajstić information content (AvgIpc) is 2.92. The zero-order chi connectivity index (χ0) is 14.5. The average molecular weight is 275 g/mol. The normalized spacial score (nSPS) is 10.3. The molecule has 2 rings (SSSR count). The third kappa shape index (κ3) is 3.09. The summed E-state index contributed by atoms with van der Waals surface area (Å²) in [6.45, 7) is 3.62. The third-order valence-corrected chi connectivity index (χ3v) is 3.05. The Morgan fingerprint density at radius 1 is 1.40 bits per heavy atom. The molecular weight excluding hydrogens is 258 g/mol. The predicted molar refractivity (Wildman–Crippen MR) is 77.1 cm³/mol. The number of aryl methyl sites for hydroxylation is 1. The molecule has 1 heterocycles. The molecule has 1 aromatic carbocycles. The number of nitrogens with one attached hydrogen (secondary N) is 1. The Morgan fingerprint density at radius 3 is 2.80 bits per heavy atom. The fraction of sp³-hybridized carbons (Fsp3) is 0.286. The van der Waals surface area contributed by atoms with Crippen LogP contribution in [0.2, 0.25) is 0 Å². The smallest absolute Gasteiger partial charge is 0.312 e. The molecule has 1 N–H and O–H groups in total. The first-order valence-electron chi connectivity index (χ1n) is 6.35. The maximum atomic E-state index is 10.9. The van der Waals surface area contributed by atoms with E-state index in [1.165, 1.54) is 13.2 Å². The summed E-state index contributed by atoms with van der Waals surface area (Å²) in [5.41, 5.74) is 1.79. The molecule has 0 amide bonds. The van der Waals surface area contributed by atoms with Gasteiger partial charge in [0.1, 0.15) is 0 Å². The van der Waals surface area contributed by atoms with Gasteiger partial charge in [-0.25, -0.2) is 0 Å². The standard InChI is InChI=1S/C14H17N3O3/c1-3-16-7-6-11(10-16)9-15-12-4-5-14(20-2)13(8-12)17(18)19/h4-8,10,15H,3,9H2,1-2H3. The van der Waals surface area contributed by atoms with E-state index in [1.807, 2.05) is 18.5 Å². The quantitative estimate of drug-likeness (QED) is 0.650. The minimum Gasteiger partial charge on any atom is -0.490 e. The summed E-state index contributed by atoms with van der Waals surface area (Å²) in [6.07, 6.45) is 4.05. The van der Waals surface area contributed by atoms with Crippen LogP contribution in [-0.2, 0) is 13.1 Å². The number of anilines is 1. The first-order chi connectivity index (χ1) is 9.63. The Hall–Kier alpha value is -2.50. The van der Waals surface area contributed by atoms with Gasteiger partial charge < -0.3 is 14.6 Å². The van der Waals surface area contributed by atoms with E-state index >= 15 is 0 Å². The van der Waals surface area contributed by atoms with Gasteiger partial charge in [-0.3, -0.25) is 10.1 Å². The summed E-state index contributed by atoms with van der Waals surface area (Å²) in [5.74, 6) is 0.262. The van der Waals surface area contributed by atoms with E-state index in [2.05, 4.69) is 16.8 Å². The van der Waals surface area contributed by atoms with Gasteiger partial charge in [-0.2, -0.15) is 0 Å². The topological polar surface area (TPSA) is 69.3 Å². The van der Waals surface area contributed by atoms with Gasteiger partial charge in [0.05, 0.1) is 12.0 Å². The Bertz CT molecular complexity index is 607. The number of benzene rings is 1. The Labute approximate surface area is 117 Å². The predicted octanol–water partition coefficient (Wildman–Crippen LogP) is 3.04. The van der Waals surface area contributed by atoms with Gasteiger partial charge in [-0.15, -0.1) is 0 Å². The lowest BCUT2D eigenvalue weighted by Gasteiger charge is -2.07. The van der Waals surface area contributed by atoms with Crippen molar-refractivity contribution in [3.05, 3.63) is 52.3 Å². The first-order valence-corrected chi connectivity index (χ1v) is 6.35. The lowest BCUT2D eigenvalue weighted by Crippen LogP contribution is -2.00.